The highest BCUT2D eigenvalue weighted by atomic mass is 16.5. The van der Waals surface area contributed by atoms with Gasteiger partial charge in [-0.2, -0.15) is 4.98 Å². The van der Waals surface area contributed by atoms with Crippen molar-refractivity contribution < 1.29 is 14.1 Å². The number of piperazine rings is 1. The molecule has 4 rings (SSSR count). The molecule has 2 aromatic carbocycles. The van der Waals surface area contributed by atoms with Crippen LogP contribution in [0, 0.1) is 0 Å². The summed E-state index contributed by atoms with van der Waals surface area (Å²) in [6.45, 7) is 4.96. The van der Waals surface area contributed by atoms with Gasteiger partial charge in [-0.25, -0.2) is 0 Å². The Labute approximate surface area is 200 Å². The van der Waals surface area contributed by atoms with E-state index < -0.39 is 0 Å². The molecule has 2 heterocycles. The van der Waals surface area contributed by atoms with Crippen LogP contribution >= 0.6 is 0 Å². The summed E-state index contributed by atoms with van der Waals surface area (Å²) in [6.07, 6.45) is 1.61. The number of likely N-dealkylation sites (N-methyl/N-ethyl adjacent to an activating group) is 1. The van der Waals surface area contributed by atoms with Crippen molar-refractivity contribution in [2.45, 2.75) is 25.3 Å². The van der Waals surface area contributed by atoms with Gasteiger partial charge in [0.15, 0.2) is 0 Å². The number of nitrogens with zero attached hydrogens (tertiary/aromatic N) is 4. The highest BCUT2D eigenvalue weighted by Crippen LogP contribution is 2.20. The standard InChI is InChI=1S/C26H33N5O3/c1-30-15-17-31(18-16-30)19-23(20-7-4-3-5-8-20)27-24(32)9-6-10-25-28-26(29-34-25)21-11-13-22(33-2)14-12-21/h3-5,7-8,11-14,23H,6,9-10,15-19H2,1-2H3,(H,27,32). The van der Waals surface area contributed by atoms with Gasteiger partial charge in [-0.1, -0.05) is 35.5 Å². The molecule has 1 aliphatic rings. The zero-order valence-corrected chi connectivity index (χ0v) is 19.9. The lowest BCUT2D eigenvalue weighted by Crippen LogP contribution is -2.47. The van der Waals surface area contributed by atoms with E-state index in [1.165, 1.54) is 0 Å². The quantitative estimate of drug-likeness (QED) is 0.494. The number of benzene rings is 2. The van der Waals surface area contributed by atoms with E-state index in [1.807, 2.05) is 42.5 Å². The Bertz CT molecular complexity index is 1030. The Morgan fingerprint density at radius 1 is 1.09 bits per heavy atom. The van der Waals surface area contributed by atoms with Gasteiger partial charge in [-0.05, 0) is 43.3 Å². The van der Waals surface area contributed by atoms with E-state index in [2.05, 4.69) is 44.4 Å². The fourth-order valence-corrected chi connectivity index (χ4v) is 4.09. The minimum Gasteiger partial charge on any atom is -0.497 e. The summed E-state index contributed by atoms with van der Waals surface area (Å²) >= 11 is 0. The van der Waals surface area contributed by atoms with E-state index in [0.717, 1.165) is 49.6 Å². The minimum atomic E-state index is -0.0258. The number of hydrogen-bond donors (Lipinski definition) is 1. The molecule has 34 heavy (non-hydrogen) atoms. The van der Waals surface area contributed by atoms with Crippen LogP contribution in [0.1, 0.15) is 30.3 Å². The lowest BCUT2D eigenvalue weighted by atomic mass is 10.1. The van der Waals surface area contributed by atoms with Gasteiger partial charge in [0.1, 0.15) is 5.75 Å². The number of aromatic nitrogens is 2. The van der Waals surface area contributed by atoms with Crippen molar-refractivity contribution in [3.63, 3.8) is 0 Å². The third-order valence-corrected chi connectivity index (χ3v) is 6.18. The van der Waals surface area contributed by atoms with Crippen molar-refractivity contribution in [1.29, 1.82) is 0 Å². The summed E-state index contributed by atoms with van der Waals surface area (Å²) in [5, 5.41) is 7.31. The van der Waals surface area contributed by atoms with Crippen molar-refractivity contribution in [2.75, 3.05) is 46.9 Å². The maximum Gasteiger partial charge on any atom is 0.226 e. The van der Waals surface area contributed by atoms with E-state index in [0.29, 0.717) is 31.0 Å². The monoisotopic (exact) mass is 463 g/mol. The smallest absolute Gasteiger partial charge is 0.226 e. The number of aryl methyl sites for hydroxylation is 1. The zero-order chi connectivity index (χ0) is 23.8. The van der Waals surface area contributed by atoms with E-state index in [4.69, 9.17) is 9.26 Å². The number of rotatable bonds is 10. The molecule has 0 spiro atoms. The van der Waals surface area contributed by atoms with Crippen molar-refractivity contribution in [2.24, 2.45) is 0 Å². The van der Waals surface area contributed by atoms with Crippen molar-refractivity contribution >= 4 is 5.91 Å². The van der Waals surface area contributed by atoms with Crippen LogP contribution in [0.4, 0.5) is 0 Å². The Kier molecular flexibility index (Phi) is 8.27. The van der Waals surface area contributed by atoms with Crippen LogP contribution in [0.3, 0.4) is 0 Å². The molecular weight excluding hydrogens is 430 g/mol. The van der Waals surface area contributed by atoms with Crippen LogP contribution < -0.4 is 10.1 Å². The Hall–Kier alpha value is -3.23. The van der Waals surface area contributed by atoms with Crippen LogP contribution in [-0.2, 0) is 11.2 Å². The van der Waals surface area contributed by atoms with Gasteiger partial charge in [0.2, 0.25) is 17.6 Å². The SMILES string of the molecule is COc1ccc(-c2noc(CCCC(=O)NC(CN3CCN(C)CC3)c3ccccc3)n2)cc1. The van der Waals surface area contributed by atoms with Crippen molar-refractivity contribution in [1.82, 2.24) is 25.3 Å². The average Bonchev–Trinajstić information content (AvgIpc) is 3.34. The lowest BCUT2D eigenvalue weighted by molar-refractivity contribution is -0.122. The molecule has 0 bridgehead atoms. The van der Waals surface area contributed by atoms with Gasteiger partial charge < -0.3 is 19.5 Å². The summed E-state index contributed by atoms with van der Waals surface area (Å²) in [6, 6.07) is 17.7. The van der Waals surface area contributed by atoms with Gasteiger partial charge in [0, 0.05) is 51.1 Å². The molecule has 3 aromatic rings. The molecular formula is C26H33N5O3. The van der Waals surface area contributed by atoms with Gasteiger partial charge in [-0.15, -0.1) is 0 Å². The molecule has 8 nitrogen and oxygen atoms in total. The number of carbonyl (C=O) groups is 1. The average molecular weight is 464 g/mol. The molecule has 1 aromatic heterocycles. The van der Waals surface area contributed by atoms with Crippen LogP contribution in [0.25, 0.3) is 11.4 Å². The predicted molar refractivity (Wildman–Crippen MR) is 130 cm³/mol. The Balaban J connectivity index is 1.28. The van der Waals surface area contributed by atoms with Crippen LogP contribution in [0.2, 0.25) is 0 Å². The second-order valence-electron chi connectivity index (χ2n) is 8.73. The van der Waals surface area contributed by atoms with Crippen molar-refractivity contribution in [3.8, 4) is 17.1 Å². The summed E-state index contributed by atoms with van der Waals surface area (Å²) in [5.74, 6) is 1.90. The summed E-state index contributed by atoms with van der Waals surface area (Å²) in [4.78, 5) is 22.0. The molecule has 1 unspecified atom stereocenters. The largest absolute Gasteiger partial charge is 0.497 e. The number of carbonyl (C=O) groups excluding carboxylic acids is 1. The van der Waals surface area contributed by atoms with Crippen LogP contribution in [0.5, 0.6) is 5.75 Å². The molecule has 1 atom stereocenters. The molecule has 1 aliphatic heterocycles. The summed E-state index contributed by atoms with van der Waals surface area (Å²) in [7, 11) is 3.78. The molecule has 8 heteroatoms. The first-order chi connectivity index (χ1) is 16.6. The molecule has 0 radical (unpaired) electrons. The van der Waals surface area contributed by atoms with E-state index in [9.17, 15) is 4.79 Å². The third kappa shape index (κ3) is 6.65. The number of amides is 1. The molecule has 1 saturated heterocycles. The maximum atomic E-state index is 12.8. The fourth-order valence-electron chi connectivity index (χ4n) is 4.09. The lowest BCUT2D eigenvalue weighted by Gasteiger charge is -2.35. The first-order valence-electron chi connectivity index (χ1n) is 11.8. The van der Waals surface area contributed by atoms with Gasteiger partial charge in [0.05, 0.1) is 13.2 Å². The van der Waals surface area contributed by atoms with E-state index in [1.54, 1.807) is 7.11 Å². The highest BCUT2D eigenvalue weighted by Gasteiger charge is 2.21. The second kappa shape index (κ2) is 11.8. The second-order valence-corrected chi connectivity index (χ2v) is 8.73. The van der Waals surface area contributed by atoms with E-state index >= 15 is 0 Å². The van der Waals surface area contributed by atoms with Crippen molar-refractivity contribution in [3.05, 3.63) is 66.1 Å². The first-order valence-corrected chi connectivity index (χ1v) is 11.8. The molecule has 1 amide bonds. The first kappa shape index (κ1) is 23.9. The number of nitrogens with one attached hydrogen (secondary N) is 1. The predicted octanol–water partition coefficient (Wildman–Crippen LogP) is 3.17. The highest BCUT2D eigenvalue weighted by molar-refractivity contribution is 5.76. The molecule has 0 aliphatic carbocycles. The minimum absolute atomic E-state index is 0.0258. The van der Waals surface area contributed by atoms with Crippen LogP contribution in [0.15, 0.2) is 59.1 Å². The normalized spacial score (nSPS) is 15.7. The van der Waals surface area contributed by atoms with Gasteiger partial charge in [0.25, 0.3) is 0 Å². The fraction of sp³-hybridized carbons (Fsp3) is 0.423. The Morgan fingerprint density at radius 3 is 2.53 bits per heavy atom. The zero-order valence-electron chi connectivity index (χ0n) is 19.9. The topological polar surface area (TPSA) is 83.7 Å². The van der Waals surface area contributed by atoms with Crippen LogP contribution in [-0.4, -0.2) is 72.7 Å². The van der Waals surface area contributed by atoms with Gasteiger partial charge in [-0.3, -0.25) is 9.69 Å². The number of hydrogen-bond acceptors (Lipinski definition) is 7. The molecule has 1 fully saturated rings. The maximum absolute atomic E-state index is 12.8. The number of methoxy groups -OCH3 is 1. The number of ether oxygens (including phenoxy) is 1. The summed E-state index contributed by atoms with van der Waals surface area (Å²) < 4.78 is 10.6. The third-order valence-electron chi connectivity index (χ3n) is 6.18. The molecule has 0 saturated carbocycles. The van der Waals surface area contributed by atoms with E-state index in [-0.39, 0.29) is 11.9 Å². The molecule has 180 valence electrons. The summed E-state index contributed by atoms with van der Waals surface area (Å²) in [5.41, 5.74) is 2.00. The molecule has 1 N–H and O–H groups in total. The van der Waals surface area contributed by atoms with Gasteiger partial charge >= 0.3 is 0 Å². The Morgan fingerprint density at radius 2 is 1.82 bits per heavy atom.